The molecular formula is C20H22ClN3O3S. The van der Waals surface area contributed by atoms with Crippen LogP contribution in [0, 0.1) is 0 Å². The van der Waals surface area contributed by atoms with E-state index >= 15 is 0 Å². The number of benzene rings is 2. The SMILES string of the molecule is C/C(=N/NC(=O)CSc1ccc(Cl)cc1)c1ccc(OCC(=O)N(C)C)cc1. The van der Waals surface area contributed by atoms with E-state index < -0.39 is 0 Å². The van der Waals surface area contributed by atoms with E-state index in [0.29, 0.717) is 16.5 Å². The number of hydrazone groups is 1. The summed E-state index contributed by atoms with van der Waals surface area (Å²) < 4.78 is 5.43. The highest BCUT2D eigenvalue weighted by Gasteiger charge is 2.06. The Bertz CT molecular complexity index is 837. The highest BCUT2D eigenvalue weighted by atomic mass is 35.5. The summed E-state index contributed by atoms with van der Waals surface area (Å²) in [5.74, 6) is 0.545. The van der Waals surface area contributed by atoms with Crippen molar-refractivity contribution in [2.75, 3.05) is 26.5 Å². The monoisotopic (exact) mass is 419 g/mol. The Kier molecular flexibility index (Phi) is 8.35. The maximum absolute atomic E-state index is 12.0. The van der Waals surface area contributed by atoms with Gasteiger partial charge in [0.15, 0.2) is 6.61 Å². The van der Waals surface area contributed by atoms with Crippen LogP contribution in [0.3, 0.4) is 0 Å². The van der Waals surface area contributed by atoms with Crippen LogP contribution in [0.25, 0.3) is 0 Å². The van der Waals surface area contributed by atoms with Gasteiger partial charge >= 0.3 is 0 Å². The van der Waals surface area contributed by atoms with Crippen molar-refractivity contribution in [3.8, 4) is 5.75 Å². The van der Waals surface area contributed by atoms with Gasteiger partial charge in [-0.05, 0) is 61.0 Å². The molecule has 0 fully saturated rings. The van der Waals surface area contributed by atoms with Crippen molar-refractivity contribution in [2.24, 2.45) is 5.10 Å². The average molecular weight is 420 g/mol. The van der Waals surface area contributed by atoms with E-state index in [0.717, 1.165) is 10.5 Å². The third-order valence-corrected chi connectivity index (χ3v) is 4.93. The normalized spacial score (nSPS) is 11.1. The van der Waals surface area contributed by atoms with E-state index in [9.17, 15) is 9.59 Å². The van der Waals surface area contributed by atoms with Crippen LogP contribution in [0.15, 0.2) is 58.5 Å². The van der Waals surface area contributed by atoms with Crippen molar-refractivity contribution in [3.05, 3.63) is 59.1 Å². The zero-order valence-electron chi connectivity index (χ0n) is 15.9. The number of nitrogens with one attached hydrogen (secondary N) is 1. The average Bonchev–Trinajstić information content (AvgIpc) is 2.70. The number of amides is 2. The van der Waals surface area contributed by atoms with Crippen LogP contribution in [-0.4, -0.2) is 48.9 Å². The fraction of sp³-hybridized carbons (Fsp3) is 0.250. The van der Waals surface area contributed by atoms with E-state index in [1.807, 2.05) is 24.3 Å². The first kappa shape index (κ1) is 21.8. The number of carbonyl (C=O) groups excluding carboxylic acids is 2. The van der Waals surface area contributed by atoms with Crippen LogP contribution in [0.2, 0.25) is 5.02 Å². The summed E-state index contributed by atoms with van der Waals surface area (Å²) in [4.78, 5) is 25.9. The Morgan fingerprint density at radius 3 is 2.36 bits per heavy atom. The Hall–Kier alpha value is -2.51. The third kappa shape index (κ3) is 7.25. The van der Waals surface area contributed by atoms with Gasteiger partial charge < -0.3 is 9.64 Å². The summed E-state index contributed by atoms with van der Waals surface area (Å²) in [6, 6.07) is 14.5. The summed E-state index contributed by atoms with van der Waals surface area (Å²) in [5, 5.41) is 4.79. The molecule has 8 heteroatoms. The largest absolute Gasteiger partial charge is 0.484 e. The molecule has 0 spiro atoms. The van der Waals surface area contributed by atoms with Crippen molar-refractivity contribution >= 4 is 40.9 Å². The van der Waals surface area contributed by atoms with Gasteiger partial charge in [-0.25, -0.2) is 5.43 Å². The van der Waals surface area contributed by atoms with Crippen molar-refractivity contribution in [1.82, 2.24) is 10.3 Å². The third-order valence-electron chi connectivity index (χ3n) is 3.67. The fourth-order valence-electron chi connectivity index (χ4n) is 1.99. The van der Waals surface area contributed by atoms with Gasteiger partial charge in [0.1, 0.15) is 5.75 Å². The second-order valence-electron chi connectivity index (χ2n) is 6.08. The molecule has 148 valence electrons. The molecule has 0 atom stereocenters. The highest BCUT2D eigenvalue weighted by molar-refractivity contribution is 8.00. The molecular weight excluding hydrogens is 398 g/mol. The summed E-state index contributed by atoms with van der Waals surface area (Å²) in [7, 11) is 3.35. The number of rotatable bonds is 8. The van der Waals surface area contributed by atoms with E-state index in [4.69, 9.17) is 16.3 Å². The maximum Gasteiger partial charge on any atom is 0.259 e. The minimum absolute atomic E-state index is 0.0131. The Morgan fingerprint density at radius 1 is 1.11 bits per heavy atom. The first-order valence-electron chi connectivity index (χ1n) is 8.50. The van der Waals surface area contributed by atoms with E-state index in [2.05, 4.69) is 10.5 Å². The summed E-state index contributed by atoms with van der Waals surface area (Å²) >= 11 is 7.25. The molecule has 0 radical (unpaired) electrons. The number of nitrogens with zero attached hydrogens (tertiary/aromatic N) is 2. The first-order chi connectivity index (χ1) is 13.3. The number of hydrogen-bond donors (Lipinski definition) is 1. The minimum Gasteiger partial charge on any atom is -0.484 e. The van der Waals surface area contributed by atoms with Crippen molar-refractivity contribution in [3.63, 3.8) is 0 Å². The quantitative estimate of drug-likeness (QED) is 0.404. The predicted octanol–water partition coefficient (Wildman–Crippen LogP) is 3.44. The van der Waals surface area contributed by atoms with Gasteiger partial charge in [-0.2, -0.15) is 5.10 Å². The Labute approximate surface area is 173 Å². The molecule has 0 saturated carbocycles. The van der Waals surface area contributed by atoms with Gasteiger partial charge in [-0.15, -0.1) is 11.8 Å². The number of hydrogen-bond acceptors (Lipinski definition) is 5. The molecule has 0 aromatic heterocycles. The standard InChI is InChI=1S/C20H22ClN3O3S/c1-14(15-4-8-17(9-5-15)27-12-20(26)24(2)3)22-23-19(25)13-28-18-10-6-16(21)7-11-18/h4-11H,12-13H2,1-3H3,(H,23,25)/b22-14-. The number of likely N-dealkylation sites (N-methyl/N-ethyl adjacent to an activating group) is 1. The van der Waals surface area contributed by atoms with Crippen LogP contribution in [0.5, 0.6) is 5.75 Å². The Balaban J connectivity index is 1.82. The lowest BCUT2D eigenvalue weighted by Crippen LogP contribution is -2.27. The lowest BCUT2D eigenvalue weighted by molar-refractivity contribution is -0.130. The number of halogens is 1. The van der Waals surface area contributed by atoms with Gasteiger partial charge in [0.2, 0.25) is 5.91 Å². The van der Waals surface area contributed by atoms with Gasteiger partial charge in [-0.3, -0.25) is 9.59 Å². The molecule has 2 aromatic carbocycles. The zero-order valence-corrected chi connectivity index (χ0v) is 17.5. The fourth-order valence-corrected chi connectivity index (χ4v) is 2.81. The second-order valence-corrected chi connectivity index (χ2v) is 7.56. The topological polar surface area (TPSA) is 71.0 Å². The van der Waals surface area contributed by atoms with Gasteiger partial charge in [0.05, 0.1) is 11.5 Å². The summed E-state index contributed by atoms with van der Waals surface area (Å²) in [6.45, 7) is 1.79. The molecule has 0 saturated heterocycles. The number of thioether (sulfide) groups is 1. The Morgan fingerprint density at radius 2 is 1.75 bits per heavy atom. The summed E-state index contributed by atoms with van der Waals surface area (Å²) in [5.41, 5.74) is 4.06. The smallest absolute Gasteiger partial charge is 0.259 e. The van der Waals surface area contributed by atoms with Crippen molar-refractivity contribution < 1.29 is 14.3 Å². The first-order valence-corrected chi connectivity index (χ1v) is 9.86. The molecule has 2 aromatic rings. The molecule has 0 heterocycles. The molecule has 0 unspecified atom stereocenters. The molecule has 0 aliphatic rings. The minimum atomic E-state index is -0.193. The molecule has 0 bridgehead atoms. The molecule has 1 N–H and O–H groups in total. The second kappa shape index (κ2) is 10.7. The highest BCUT2D eigenvalue weighted by Crippen LogP contribution is 2.20. The molecule has 2 amide bonds. The molecule has 2 rings (SSSR count). The number of carbonyl (C=O) groups is 2. The maximum atomic E-state index is 12.0. The van der Waals surface area contributed by atoms with Crippen LogP contribution in [-0.2, 0) is 9.59 Å². The van der Waals surface area contributed by atoms with Crippen LogP contribution >= 0.6 is 23.4 Å². The molecule has 6 nitrogen and oxygen atoms in total. The van der Waals surface area contributed by atoms with E-state index in [1.54, 1.807) is 45.3 Å². The van der Waals surface area contributed by atoms with Gasteiger partial charge in [0.25, 0.3) is 5.91 Å². The molecule has 28 heavy (non-hydrogen) atoms. The summed E-state index contributed by atoms with van der Waals surface area (Å²) in [6.07, 6.45) is 0. The lowest BCUT2D eigenvalue weighted by Gasteiger charge is -2.11. The van der Waals surface area contributed by atoms with Gasteiger partial charge in [-0.1, -0.05) is 11.6 Å². The van der Waals surface area contributed by atoms with Crippen LogP contribution < -0.4 is 10.2 Å². The van der Waals surface area contributed by atoms with E-state index in [-0.39, 0.29) is 24.2 Å². The predicted molar refractivity (Wildman–Crippen MR) is 113 cm³/mol. The van der Waals surface area contributed by atoms with Crippen molar-refractivity contribution in [2.45, 2.75) is 11.8 Å². The van der Waals surface area contributed by atoms with Crippen LogP contribution in [0.4, 0.5) is 0 Å². The number of ether oxygens (including phenoxy) is 1. The molecule has 0 aliphatic carbocycles. The lowest BCUT2D eigenvalue weighted by atomic mass is 10.1. The zero-order chi connectivity index (χ0) is 20.5. The van der Waals surface area contributed by atoms with Crippen molar-refractivity contribution in [1.29, 1.82) is 0 Å². The molecule has 0 aliphatic heterocycles. The van der Waals surface area contributed by atoms with Gasteiger partial charge in [0, 0.05) is 24.0 Å². The van der Waals surface area contributed by atoms with Crippen LogP contribution in [0.1, 0.15) is 12.5 Å². The van der Waals surface area contributed by atoms with E-state index in [1.165, 1.54) is 16.7 Å².